The van der Waals surface area contributed by atoms with E-state index in [9.17, 15) is 4.79 Å². The number of unbranched alkanes of at least 4 members (excludes halogenated alkanes) is 6. The maximum atomic E-state index is 11.6. The highest BCUT2D eigenvalue weighted by Crippen LogP contribution is 2.13. The van der Waals surface area contributed by atoms with Gasteiger partial charge < -0.3 is 15.4 Å². The van der Waals surface area contributed by atoms with Crippen molar-refractivity contribution in [2.24, 2.45) is 5.73 Å². The van der Waals surface area contributed by atoms with E-state index in [0.29, 0.717) is 12.5 Å². The lowest BCUT2D eigenvalue weighted by molar-refractivity contribution is -0.154. The summed E-state index contributed by atoms with van der Waals surface area (Å²) in [6.45, 7) is 9.37. The van der Waals surface area contributed by atoms with Crippen LogP contribution in [0.25, 0.3) is 0 Å². The van der Waals surface area contributed by atoms with Crippen molar-refractivity contribution >= 4 is 5.97 Å². The van der Waals surface area contributed by atoms with Crippen molar-refractivity contribution in [1.82, 2.24) is 4.90 Å². The fraction of sp³-hybridized carbons (Fsp3) is 0.947. The molecule has 0 aliphatic carbocycles. The number of nitrogens with two attached hydrogens (primary N) is 1. The molecule has 0 aromatic rings. The Hall–Kier alpha value is -0.610. The molecule has 0 aromatic heterocycles. The first-order valence-electron chi connectivity index (χ1n) is 9.56. The van der Waals surface area contributed by atoms with E-state index in [1.54, 1.807) is 0 Å². The van der Waals surface area contributed by atoms with E-state index < -0.39 is 0 Å². The van der Waals surface area contributed by atoms with Gasteiger partial charge in [-0.15, -0.1) is 0 Å². The first kappa shape index (κ1) is 20.4. The highest BCUT2D eigenvalue weighted by molar-refractivity contribution is 5.69. The lowest BCUT2D eigenvalue weighted by Gasteiger charge is -2.29. The van der Waals surface area contributed by atoms with Crippen molar-refractivity contribution < 1.29 is 9.53 Å². The predicted molar refractivity (Wildman–Crippen MR) is 96.4 cm³/mol. The summed E-state index contributed by atoms with van der Waals surface area (Å²) in [4.78, 5) is 14.1. The molecular formula is C19H38N2O2. The van der Waals surface area contributed by atoms with Crippen molar-refractivity contribution in [1.29, 1.82) is 0 Å². The minimum Gasteiger partial charge on any atom is -0.460 e. The third-order valence-corrected chi connectivity index (χ3v) is 4.41. The van der Waals surface area contributed by atoms with Gasteiger partial charge in [-0.25, -0.2) is 0 Å². The van der Waals surface area contributed by atoms with Gasteiger partial charge in [0, 0.05) is 12.5 Å². The number of nitrogens with zero attached hydrogens (tertiary/aromatic N) is 1. The monoisotopic (exact) mass is 326 g/mol. The van der Waals surface area contributed by atoms with Crippen molar-refractivity contribution in [2.45, 2.75) is 96.6 Å². The second kappa shape index (κ2) is 11.0. The van der Waals surface area contributed by atoms with E-state index >= 15 is 0 Å². The molecule has 0 radical (unpaired) electrons. The Morgan fingerprint density at radius 1 is 1.00 bits per heavy atom. The van der Waals surface area contributed by atoms with Crippen LogP contribution in [0.15, 0.2) is 0 Å². The van der Waals surface area contributed by atoms with Crippen LogP contribution >= 0.6 is 0 Å². The Labute approximate surface area is 143 Å². The van der Waals surface area contributed by atoms with Crippen LogP contribution in [0, 0.1) is 0 Å². The first-order chi connectivity index (χ1) is 10.9. The molecule has 0 spiro atoms. The van der Waals surface area contributed by atoms with Gasteiger partial charge in [0.2, 0.25) is 0 Å². The predicted octanol–water partition coefficient (Wildman–Crippen LogP) is 3.87. The average Bonchev–Trinajstić information content (AvgIpc) is 2.45. The van der Waals surface area contributed by atoms with Gasteiger partial charge in [-0.2, -0.15) is 0 Å². The number of likely N-dealkylation sites (tertiary alicyclic amines) is 1. The lowest BCUT2D eigenvalue weighted by Crippen LogP contribution is -2.39. The van der Waals surface area contributed by atoms with Gasteiger partial charge in [0.25, 0.3) is 0 Å². The Morgan fingerprint density at radius 2 is 1.52 bits per heavy atom. The molecule has 0 amide bonds. The molecule has 0 saturated carbocycles. The van der Waals surface area contributed by atoms with Crippen molar-refractivity contribution in [3.8, 4) is 0 Å². The summed E-state index contributed by atoms with van der Waals surface area (Å²) >= 11 is 0. The van der Waals surface area contributed by atoms with E-state index in [1.807, 2.05) is 20.8 Å². The van der Waals surface area contributed by atoms with Crippen LogP contribution in [0.1, 0.15) is 85.0 Å². The van der Waals surface area contributed by atoms with E-state index in [4.69, 9.17) is 10.5 Å². The molecule has 4 heteroatoms. The molecule has 2 N–H and O–H groups in total. The normalized spacial score (nSPS) is 17.4. The molecule has 1 heterocycles. The maximum Gasteiger partial charge on any atom is 0.306 e. The van der Waals surface area contributed by atoms with Crippen molar-refractivity contribution in [3.63, 3.8) is 0 Å². The summed E-state index contributed by atoms with van der Waals surface area (Å²) in [5, 5.41) is 0. The quantitative estimate of drug-likeness (QED) is 0.489. The number of ether oxygens (including phenoxy) is 1. The van der Waals surface area contributed by atoms with E-state index in [0.717, 1.165) is 25.7 Å². The first-order valence-corrected chi connectivity index (χ1v) is 9.56. The largest absolute Gasteiger partial charge is 0.460 e. The van der Waals surface area contributed by atoms with Crippen LogP contribution in [0.5, 0.6) is 0 Å². The molecule has 136 valence electrons. The minimum atomic E-state index is -0.351. The lowest BCUT2D eigenvalue weighted by atomic mass is 10.0. The van der Waals surface area contributed by atoms with Gasteiger partial charge in [0.15, 0.2) is 0 Å². The standard InChI is InChI=1S/C19H38N2O2/c1-19(2,3)23-18(22)11-9-7-5-4-6-8-10-14-21-15-12-17(20)13-16-21/h17H,4-16,20H2,1-3H3. The number of rotatable bonds is 10. The van der Waals surface area contributed by atoms with Crippen LogP contribution in [0.3, 0.4) is 0 Å². The Kier molecular flexibility index (Phi) is 9.80. The molecule has 23 heavy (non-hydrogen) atoms. The third kappa shape index (κ3) is 11.5. The molecule has 0 bridgehead atoms. The molecule has 1 saturated heterocycles. The van der Waals surface area contributed by atoms with Crippen LogP contribution in [-0.4, -0.2) is 42.1 Å². The zero-order valence-electron chi connectivity index (χ0n) is 15.6. The number of esters is 1. The number of carbonyl (C=O) groups excluding carboxylic acids is 1. The van der Waals surface area contributed by atoms with E-state index in [-0.39, 0.29) is 11.6 Å². The number of hydrogen-bond acceptors (Lipinski definition) is 4. The molecule has 1 rings (SSSR count). The average molecular weight is 327 g/mol. The summed E-state index contributed by atoms with van der Waals surface area (Å²) in [6.07, 6.45) is 11.5. The van der Waals surface area contributed by atoms with Crippen LogP contribution in [0.4, 0.5) is 0 Å². The van der Waals surface area contributed by atoms with E-state index in [1.165, 1.54) is 51.7 Å². The Balaban J connectivity index is 1.84. The maximum absolute atomic E-state index is 11.6. The SMILES string of the molecule is CC(C)(C)OC(=O)CCCCCCCCCN1CCC(N)CC1. The van der Waals surface area contributed by atoms with Gasteiger partial charge in [-0.05, 0) is 66.1 Å². The fourth-order valence-electron chi connectivity index (χ4n) is 3.06. The van der Waals surface area contributed by atoms with Gasteiger partial charge in [0.1, 0.15) is 5.60 Å². The number of hydrogen-bond donors (Lipinski definition) is 1. The highest BCUT2D eigenvalue weighted by Gasteiger charge is 2.16. The zero-order chi connectivity index (χ0) is 17.1. The van der Waals surface area contributed by atoms with Crippen LogP contribution in [0.2, 0.25) is 0 Å². The second-order valence-corrected chi connectivity index (χ2v) is 7.99. The highest BCUT2D eigenvalue weighted by atomic mass is 16.6. The molecule has 1 aliphatic heterocycles. The molecule has 0 unspecified atom stereocenters. The smallest absolute Gasteiger partial charge is 0.306 e. The Morgan fingerprint density at radius 3 is 2.09 bits per heavy atom. The minimum absolute atomic E-state index is 0.0567. The fourth-order valence-corrected chi connectivity index (χ4v) is 3.06. The van der Waals surface area contributed by atoms with E-state index in [2.05, 4.69) is 4.90 Å². The van der Waals surface area contributed by atoms with Crippen molar-refractivity contribution in [2.75, 3.05) is 19.6 Å². The van der Waals surface area contributed by atoms with Gasteiger partial charge in [-0.3, -0.25) is 4.79 Å². The Bertz CT molecular complexity index is 318. The molecular weight excluding hydrogens is 288 g/mol. The van der Waals surface area contributed by atoms with Gasteiger partial charge >= 0.3 is 5.97 Å². The second-order valence-electron chi connectivity index (χ2n) is 7.99. The van der Waals surface area contributed by atoms with Crippen molar-refractivity contribution in [3.05, 3.63) is 0 Å². The molecule has 1 fully saturated rings. The van der Waals surface area contributed by atoms with Gasteiger partial charge in [0.05, 0.1) is 0 Å². The molecule has 1 aliphatic rings. The molecule has 0 atom stereocenters. The number of carbonyl (C=O) groups is 1. The molecule has 0 aromatic carbocycles. The van der Waals surface area contributed by atoms with Gasteiger partial charge in [-0.1, -0.05) is 32.1 Å². The summed E-state index contributed by atoms with van der Waals surface area (Å²) in [5.74, 6) is -0.0567. The summed E-state index contributed by atoms with van der Waals surface area (Å²) in [6, 6.07) is 0.437. The van der Waals surface area contributed by atoms with Crippen LogP contribution < -0.4 is 5.73 Å². The molecule has 4 nitrogen and oxygen atoms in total. The summed E-state index contributed by atoms with van der Waals surface area (Å²) in [5.41, 5.74) is 5.57. The van der Waals surface area contributed by atoms with Crippen LogP contribution in [-0.2, 0) is 9.53 Å². The number of piperidine rings is 1. The topological polar surface area (TPSA) is 55.6 Å². The zero-order valence-corrected chi connectivity index (χ0v) is 15.6. The third-order valence-electron chi connectivity index (χ3n) is 4.41. The summed E-state index contributed by atoms with van der Waals surface area (Å²) < 4.78 is 5.31. The summed E-state index contributed by atoms with van der Waals surface area (Å²) in [7, 11) is 0.